The molecule has 2 aromatic rings. The second-order valence-electron chi connectivity index (χ2n) is 6.53. The Morgan fingerprint density at radius 3 is 2.81 bits per heavy atom. The van der Waals surface area contributed by atoms with Crippen LogP contribution in [-0.4, -0.2) is 59.5 Å². The van der Waals surface area contributed by atoms with E-state index in [4.69, 9.17) is 0 Å². The molecule has 0 unspecified atom stereocenters. The maximum Gasteiger partial charge on any atom is 0.259 e. The summed E-state index contributed by atoms with van der Waals surface area (Å²) >= 11 is 2.86. The number of aromatic amines is 1. The number of aromatic nitrogens is 2. The van der Waals surface area contributed by atoms with E-state index in [0.717, 1.165) is 15.3 Å². The molecule has 3 rings (SSSR count). The van der Waals surface area contributed by atoms with E-state index in [0.29, 0.717) is 23.4 Å². The van der Waals surface area contributed by atoms with Crippen molar-refractivity contribution in [2.75, 3.05) is 24.3 Å². The van der Waals surface area contributed by atoms with Crippen LogP contribution >= 0.6 is 23.1 Å². The molecule has 1 aliphatic heterocycles. The Morgan fingerprint density at radius 1 is 1.42 bits per heavy atom. The molecule has 1 amide bonds. The zero-order valence-electron chi connectivity index (χ0n) is 14.9. The van der Waals surface area contributed by atoms with Crippen LogP contribution in [0.4, 0.5) is 0 Å². The molecule has 7 nitrogen and oxygen atoms in total. The Labute approximate surface area is 160 Å². The van der Waals surface area contributed by atoms with E-state index in [1.54, 1.807) is 7.05 Å². The average molecular weight is 416 g/mol. The van der Waals surface area contributed by atoms with Gasteiger partial charge in [0.05, 0.1) is 28.4 Å². The highest BCUT2D eigenvalue weighted by atomic mass is 32.2. The third-order valence-corrected chi connectivity index (χ3v) is 8.48. The summed E-state index contributed by atoms with van der Waals surface area (Å²) in [4.78, 5) is 35.1. The van der Waals surface area contributed by atoms with E-state index in [1.165, 1.54) is 28.0 Å². The van der Waals surface area contributed by atoms with E-state index in [-0.39, 0.29) is 34.8 Å². The van der Waals surface area contributed by atoms with Crippen molar-refractivity contribution in [1.82, 2.24) is 14.9 Å². The van der Waals surface area contributed by atoms with E-state index >= 15 is 0 Å². The fraction of sp³-hybridized carbons (Fsp3) is 0.562. The number of fused-ring (bicyclic) bond motifs is 1. The Morgan fingerprint density at radius 2 is 2.15 bits per heavy atom. The first kappa shape index (κ1) is 19.4. The third kappa shape index (κ3) is 3.96. The Kier molecular flexibility index (Phi) is 5.45. The zero-order chi connectivity index (χ0) is 19.1. The number of carbonyl (C=O) groups is 1. The number of thioether (sulfide) groups is 1. The molecule has 0 radical (unpaired) electrons. The molecule has 1 aliphatic rings. The van der Waals surface area contributed by atoms with Crippen LogP contribution in [0, 0.1) is 13.8 Å². The predicted molar refractivity (Wildman–Crippen MR) is 106 cm³/mol. The van der Waals surface area contributed by atoms with Crippen LogP contribution in [0.15, 0.2) is 4.79 Å². The number of H-pyrrole nitrogens is 1. The van der Waals surface area contributed by atoms with Gasteiger partial charge in [-0.1, -0.05) is 0 Å². The lowest BCUT2D eigenvalue weighted by Crippen LogP contribution is -2.38. The maximum atomic E-state index is 12.3. The van der Waals surface area contributed by atoms with Gasteiger partial charge in [-0.05, 0) is 25.8 Å². The SMILES string of the molecule is Cc1sc2nc(CSCC(=O)N(C)[C@H]3CCS(=O)(=O)C3)[nH]c(=O)c2c1C. The molecule has 142 valence electrons. The van der Waals surface area contributed by atoms with Crippen molar-refractivity contribution < 1.29 is 13.2 Å². The smallest absolute Gasteiger partial charge is 0.259 e. The van der Waals surface area contributed by atoms with Crippen LogP contribution < -0.4 is 5.56 Å². The topological polar surface area (TPSA) is 100 Å². The van der Waals surface area contributed by atoms with Gasteiger partial charge in [-0.25, -0.2) is 13.4 Å². The van der Waals surface area contributed by atoms with Gasteiger partial charge in [0.2, 0.25) is 5.91 Å². The van der Waals surface area contributed by atoms with Crippen LogP contribution in [0.5, 0.6) is 0 Å². The number of sulfone groups is 1. The molecule has 10 heteroatoms. The number of aryl methyl sites for hydroxylation is 2. The van der Waals surface area contributed by atoms with Gasteiger partial charge in [-0.15, -0.1) is 23.1 Å². The standard InChI is InChI=1S/C16H21N3O4S3/c1-9-10(2)25-16-14(9)15(21)17-12(18-16)6-24-7-13(20)19(3)11-4-5-26(22,23)8-11/h11H,4-8H2,1-3H3,(H,17,18,21)/t11-/m0/s1. The van der Waals surface area contributed by atoms with Crippen molar-refractivity contribution >= 4 is 49.1 Å². The van der Waals surface area contributed by atoms with E-state index in [1.807, 2.05) is 13.8 Å². The van der Waals surface area contributed by atoms with E-state index in [2.05, 4.69) is 9.97 Å². The Hall–Kier alpha value is -1.39. The number of carbonyl (C=O) groups excluding carboxylic acids is 1. The summed E-state index contributed by atoms with van der Waals surface area (Å²) in [5, 5.41) is 0.638. The van der Waals surface area contributed by atoms with Crippen molar-refractivity contribution in [1.29, 1.82) is 0 Å². The summed E-state index contributed by atoms with van der Waals surface area (Å²) in [5.74, 6) is 1.27. The van der Waals surface area contributed by atoms with Gasteiger partial charge in [0.1, 0.15) is 10.7 Å². The van der Waals surface area contributed by atoms with Gasteiger partial charge >= 0.3 is 0 Å². The van der Waals surface area contributed by atoms with Gasteiger partial charge < -0.3 is 9.88 Å². The normalized spacial score (nSPS) is 19.1. The second kappa shape index (κ2) is 7.32. The molecule has 2 aromatic heterocycles. The summed E-state index contributed by atoms with van der Waals surface area (Å²) in [5.41, 5.74) is 0.813. The zero-order valence-corrected chi connectivity index (χ0v) is 17.3. The van der Waals surface area contributed by atoms with Crippen molar-refractivity contribution in [3.63, 3.8) is 0 Å². The van der Waals surface area contributed by atoms with Crippen molar-refractivity contribution in [3.05, 3.63) is 26.6 Å². The van der Waals surface area contributed by atoms with Crippen LogP contribution in [0.3, 0.4) is 0 Å². The lowest BCUT2D eigenvalue weighted by Gasteiger charge is -2.23. The highest BCUT2D eigenvalue weighted by molar-refractivity contribution is 7.99. The van der Waals surface area contributed by atoms with Gasteiger partial charge in [-0.2, -0.15) is 0 Å². The van der Waals surface area contributed by atoms with Crippen molar-refractivity contribution in [2.24, 2.45) is 0 Å². The van der Waals surface area contributed by atoms with Crippen LogP contribution in [-0.2, 0) is 20.4 Å². The summed E-state index contributed by atoms with van der Waals surface area (Å²) < 4.78 is 23.1. The van der Waals surface area contributed by atoms with Crippen molar-refractivity contribution in [2.45, 2.75) is 32.1 Å². The molecule has 1 atom stereocenters. The molecule has 1 N–H and O–H groups in total. The first-order chi connectivity index (χ1) is 12.2. The molecule has 26 heavy (non-hydrogen) atoms. The van der Waals surface area contributed by atoms with E-state index < -0.39 is 9.84 Å². The highest BCUT2D eigenvalue weighted by Crippen LogP contribution is 2.26. The number of thiophene rings is 1. The molecule has 0 aliphatic carbocycles. The quantitative estimate of drug-likeness (QED) is 0.794. The lowest BCUT2D eigenvalue weighted by molar-refractivity contribution is -0.128. The van der Waals surface area contributed by atoms with E-state index in [9.17, 15) is 18.0 Å². The number of hydrogen-bond donors (Lipinski definition) is 1. The minimum absolute atomic E-state index is 0.0442. The predicted octanol–water partition coefficient (Wildman–Crippen LogP) is 1.48. The second-order valence-corrected chi connectivity index (χ2v) is 10.9. The van der Waals surface area contributed by atoms with Crippen LogP contribution in [0.1, 0.15) is 22.7 Å². The summed E-state index contributed by atoms with van der Waals surface area (Å²) in [6.45, 7) is 3.88. The molecule has 0 aromatic carbocycles. The fourth-order valence-electron chi connectivity index (χ4n) is 2.99. The molecule has 0 saturated carbocycles. The number of amides is 1. The van der Waals surface area contributed by atoms with Gasteiger partial charge in [0, 0.05) is 18.0 Å². The van der Waals surface area contributed by atoms with Gasteiger partial charge in [-0.3, -0.25) is 9.59 Å². The molecule has 3 heterocycles. The Bertz CT molecular complexity index is 1010. The first-order valence-electron chi connectivity index (χ1n) is 8.20. The number of rotatable bonds is 5. The molecule has 1 saturated heterocycles. The number of nitrogens with zero attached hydrogens (tertiary/aromatic N) is 2. The van der Waals surface area contributed by atoms with Gasteiger partial charge in [0.25, 0.3) is 5.56 Å². The highest BCUT2D eigenvalue weighted by Gasteiger charge is 2.32. The number of nitrogens with one attached hydrogen (secondary N) is 1. The molecule has 0 bridgehead atoms. The minimum atomic E-state index is -3.01. The fourth-order valence-corrected chi connectivity index (χ4v) is 6.62. The summed E-state index contributed by atoms with van der Waals surface area (Å²) in [6.07, 6.45) is 0.498. The minimum Gasteiger partial charge on any atom is -0.341 e. The summed E-state index contributed by atoms with van der Waals surface area (Å²) in [6, 6.07) is -0.237. The lowest BCUT2D eigenvalue weighted by atomic mass is 10.2. The molecule has 0 spiro atoms. The van der Waals surface area contributed by atoms with Crippen molar-refractivity contribution in [3.8, 4) is 0 Å². The van der Waals surface area contributed by atoms with Crippen LogP contribution in [0.25, 0.3) is 10.2 Å². The largest absolute Gasteiger partial charge is 0.341 e. The summed E-state index contributed by atoms with van der Waals surface area (Å²) in [7, 11) is -1.36. The van der Waals surface area contributed by atoms with Gasteiger partial charge in [0.15, 0.2) is 9.84 Å². The molecular formula is C16H21N3O4S3. The monoisotopic (exact) mass is 415 g/mol. The number of hydrogen-bond acceptors (Lipinski definition) is 7. The van der Waals surface area contributed by atoms with Crippen LogP contribution in [0.2, 0.25) is 0 Å². The Balaban J connectivity index is 1.60. The average Bonchev–Trinajstić information content (AvgIpc) is 3.06. The maximum absolute atomic E-state index is 12.3. The molecule has 1 fully saturated rings. The third-order valence-electron chi connectivity index (χ3n) is 4.70. The molecular weight excluding hydrogens is 394 g/mol. The first-order valence-corrected chi connectivity index (χ1v) is 12.0.